The Balaban J connectivity index is 2.81. The summed E-state index contributed by atoms with van der Waals surface area (Å²) in [6, 6.07) is -2.33. The smallest absolute Gasteiger partial charge is 0.328 e. The van der Waals surface area contributed by atoms with Crippen LogP contribution in [0.2, 0.25) is 0 Å². The summed E-state index contributed by atoms with van der Waals surface area (Å²) in [5, 5.41) is 19.7. The van der Waals surface area contributed by atoms with Crippen molar-refractivity contribution in [2.24, 2.45) is 0 Å². The summed E-state index contributed by atoms with van der Waals surface area (Å²) in [5.74, 6) is -2.05. The van der Waals surface area contributed by atoms with Crippen LogP contribution in [0, 0.1) is 0 Å². The first-order chi connectivity index (χ1) is 8.77. The molecule has 1 rings (SSSR count). The molecule has 0 saturated carbocycles. The number of carbonyl (C=O) groups is 2. The average molecular weight is 294 g/mol. The third-order valence-corrected chi connectivity index (χ3v) is 4.27. The van der Waals surface area contributed by atoms with Crippen molar-refractivity contribution in [3.05, 3.63) is 0 Å². The molecule has 0 aromatic rings. The first kappa shape index (κ1) is 15.9. The topological polar surface area (TPSA) is 124 Å². The Labute approximate surface area is 111 Å². The highest BCUT2D eigenvalue weighted by Crippen LogP contribution is 2.20. The molecule has 9 heteroatoms. The SMILES string of the molecule is CS(=O)(=O)N1CCCCC1C(=O)N[C@H](CO)C(=O)O. The molecule has 1 saturated heterocycles. The van der Waals surface area contributed by atoms with Gasteiger partial charge in [0.1, 0.15) is 12.1 Å². The van der Waals surface area contributed by atoms with E-state index in [1.807, 2.05) is 0 Å². The monoisotopic (exact) mass is 294 g/mol. The van der Waals surface area contributed by atoms with Gasteiger partial charge in [0.15, 0.2) is 0 Å². The zero-order valence-electron chi connectivity index (χ0n) is 10.6. The van der Waals surface area contributed by atoms with Gasteiger partial charge in [-0.25, -0.2) is 13.2 Å². The van der Waals surface area contributed by atoms with Crippen LogP contribution >= 0.6 is 0 Å². The van der Waals surface area contributed by atoms with Gasteiger partial charge in [-0.2, -0.15) is 4.31 Å². The number of amides is 1. The van der Waals surface area contributed by atoms with Crippen molar-refractivity contribution >= 4 is 21.9 Å². The van der Waals surface area contributed by atoms with Crippen molar-refractivity contribution < 1.29 is 28.2 Å². The molecule has 1 fully saturated rings. The van der Waals surface area contributed by atoms with Crippen LogP contribution in [0.1, 0.15) is 19.3 Å². The number of aliphatic hydroxyl groups excluding tert-OH is 1. The molecule has 1 unspecified atom stereocenters. The lowest BCUT2D eigenvalue weighted by Crippen LogP contribution is -2.55. The number of carbonyl (C=O) groups excluding carboxylic acids is 1. The predicted octanol–water partition coefficient (Wildman–Crippen LogP) is -1.64. The highest BCUT2D eigenvalue weighted by atomic mass is 32.2. The van der Waals surface area contributed by atoms with Crippen LogP contribution in [-0.4, -0.2) is 66.3 Å². The van der Waals surface area contributed by atoms with Crippen LogP contribution < -0.4 is 5.32 Å². The Morgan fingerprint density at radius 2 is 2.05 bits per heavy atom. The molecule has 0 aliphatic carbocycles. The molecule has 0 spiro atoms. The molecule has 110 valence electrons. The van der Waals surface area contributed by atoms with Gasteiger partial charge in [0, 0.05) is 6.54 Å². The average Bonchev–Trinajstić information content (AvgIpc) is 2.34. The maximum absolute atomic E-state index is 11.9. The molecule has 1 amide bonds. The summed E-state index contributed by atoms with van der Waals surface area (Å²) >= 11 is 0. The number of hydrogen-bond acceptors (Lipinski definition) is 5. The second-order valence-corrected chi connectivity index (χ2v) is 6.40. The number of aliphatic hydroxyl groups is 1. The first-order valence-corrected chi connectivity index (χ1v) is 7.73. The molecule has 2 atom stereocenters. The lowest BCUT2D eigenvalue weighted by atomic mass is 10.0. The minimum Gasteiger partial charge on any atom is -0.480 e. The third kappa shape index (κ3) is 4.15. The first-order valence-electron chi connectivity index (χ1n) is 5.88. The summed E-state index contributed by atoms with van der Waals surface area (Å²) < 4.78 is 24.2. The van der Waals surface area contributed by atoms with Gasteiger partial charge in [-0.1, -0.05) is 6.42 Å². The molecule has 0 radical (unpaired) electrons. The summed E-state index contributed by atoms with van der Waals surface area (Å²) in [6.45, 7) is -0.500. The van der Waals surface area contributed by atoms with E-state index < -0.39 is 40.6 Å². The Morgan fingerprint density at radius 1 is 1.42 bits per heavy atom. The second-order valence-electron chi connectivity index (χ2n) is 4.47. The lowest BCUT2D eigenvalue weighted by molar-refractivity contribution is -0.143. The quantitative estimate of drug-likeness (QED) is 0.559. The predicted molar refractivity (Wildman–Crippen MR) is 65.8 cm³/mol. The van der Waals surface area contributed by atoms with Gasteiger partial charge in [-0.05, 0) is 12.8 Å². The highest BCUT2D eigenvalue weighted by Gasteiger charge is 2.35. The molecule has 19 heavy (non-hydrogen) atoms. The van der Waals surface area contributed by atoms with Gasteiger partial charge in [0.25, 0.3) is 0 Å². The van der Waals surface area contributed by atoms with Crippen LogP contribution in [0.4, 0.5) is 0 Å². The van der Waals surface area contributed by atoms with Gasteiger partial charge in [0.2, 0.25) is 15.9 Å². The Bertz CT molecular complexity index is 449. The summed E-state index contributed by atoms with van der Waals surface area (Å²) in [7, 11) is -3.52. The van der Waals surface area contributed by atoms with Crippen LogP contribution in [0.25, 0.3) is 0 Å². The number of sulfonamides is 1. The molecule has 1 aliphatic rings. The Hall–Kier alpha value is -1.19. The van der Waals surface area contributed by atoms with Crippen molar-refractivity contribution in [2.75, 3.05) is 19.4 Å². The molecule has 1 aliphatic heterocycles. The van der Waals surface area contributed by atoms with Crippen LogP contribution in [0.15, 0.2) is 0 Å². The zero-order valence-corrected chi connectivity index (χ0v) is 11.4. The fourth-order valence-electron chi connectivity index (χ4n) is 2.02. The molecule has 8 nitrogen and oxygen atoms in total. The normalized spacial score (nSPS) is 22.7. The molecule has 0 aromatic carbocycles. The van der Waals surface area contributed by atoms with E-state index in [4.69, 9.17) is 10.2 Å². The van der Waals surface area contributed by atoms with Gasteiger partial charge >= 0.3 is 5.97 Å². The molecular formula is C10H18N2O6S. The van der Waals surface area contributed by atoms with E-state index in [0.29, 0.717) is 19.3 Å². The summed E-state index contributed by atoms with van der Waals surface area (Å²) in [4.78, 5) is 22.7. The number of nitrogens with zero attached hydrogens (tertiary/aromatic N) is 1. The largest absolute Gasteiger partial charge is 0.480 e. The number of hydrogen-bond donors (Lipinski definition) is 3. The molecular weight excluding hydrogens is 276 g/mol. The minimum absolute atomic E-state index is 0.244. The number of carboxylic acids is 1. The molecule has 3 N–H and O–H groups in total. The van der Waals surface area contributed by atoms with E-state index in [9.17, 15) is 18.0 Å². The number of nitrogens with one attached hydrogen (secondary N) is 1. The fourth-order valence-corrected chi connectivity index (χ4v) is 3.14. The van der Waals surface area contributed by atoms with Crippen molar-refractivity contribution in [3.8, 4) is 0 Å². The number of carboxylic acid groups (broad SMARTS) is 1. The molecule has 0 aromatic heterocycles. The van der Waals surface area contributed by atoms with Crippen LogP contribution in [0.5, 0.6) is 0 Å². The van der Waals surface area contributed by atoms with E-state index in [2.05, 4.69) is 5.32 Å². The van der Waals surface area contributed by atoms with Gasteiger partial charge in [-0.15, -0.1) is 0 Å². The summed E-state index contributed by atoms with van der Waals surface area (Å²) in [6.07, 6.45) is 2.72. The Morgan fingerprint density at radius 3 is 2.53 bits per heavy atom. The second kappa shape index (κ2) is 6.31. The molecule has 0 bridgehead atoms. The van der Waals surface area contributed by atoms with Crippen LogP contribution in [0.3, 0.4) is 0 Å². The van der Waals surface area contributed by atoms with Gasteiger partial charge in [0.05, 0.1) is 12.9 Å². The number of piperidine rings is 1. The number of aliphatic carboxylic acids is 1. The molecule has 1 heterocycles. The van der Waals surface area contributed by atoms with Gasteiger partial charge in [-0.3, -0.25) is 4.79 Å². The van der Waals surface area contributed by atoms with Crippen LogP contribution in [-0.2, 0) is 19.6 Å². The van der Waals surface area contributed by atoms with Crippen molar-refractivity contribution in [3.63, 3.8) is 0 Å². The van der Waals surface area contributed by atoms with Crippen molar-refractivity contribution in [2.45, 2.75) is 31.3 Å². The van der Waals surface area contributed by atoms with E-state index in [1.165, 1.54) is 0 Å². The summed E-state index contributed by atoms with van der Waals surface area (Å²) in [5.41, 5.74) is 0. The third-order valence-electron chi connectivity index (χ3n) is 2.98. The van der Waals surface area contributed by atoms with E-state index in [0.717, 1.165) is 10.6 Å². The Kier molecular flexibility index (Phi) is 5.27. The lowest BCUT2D eigenvalue weighted by Gasteiger charge is -2.33. The zero-order chi connectivity index (χ0) is 14.6. The van der Waals surface area contributed by atoms with E-state index in [-0.39, 0.29) is 6.54 Å². The van der Waals surface area contributed by atoms with Crippen molar-refractivity contribution in [1.29, 1.82) is 0 Å². The maximum atomic E-state index is 11.9. The highest BCUT2D eigenvalue weighted by molar-refractivity contribution is 7.88. The van der Waals surface area contributed by atoms with E-state index >= 15 is 0 Å². The van der Waals surface area contributed by atoms with Crippen molar-refractivity contribution in [1.82, 2.24) is 9.62 Å². The fraction of sp³-hybridized carbons (Fsp3) is 0.800. The number of rotatable bonds is 5. The standard InChI is InChI=1S/C10H18N2O6S/c1-19(17,18)12-5-3-2-4-8(12)9(14)11-7(6-13)10(15)16/h7-8,13H,2-6H2,1H3,(H,11,14)(H,15,16)/t7-,8?/m1/s1. The minimum atomic E-state index is -3.52. The maximum Gasteiger partial charge on any atom is 0.328 e. The van der Waals surface area contributed by atoms with Gasteiger partial charge < -0.3 is 15.5 Å². The van der Waals surface area contributed by atoms with E-state index in [1.54, 1.807) is 0 Å².